The number of rotatable bonds is 3. The monoisotopic (exact) mass is 264 g/mol. The van der Waals surface area contributed by atoms with Gasteiger partial charge in [0, 0.05) is 6.07 Å². The number of carbonyl (C=O) groups excluding carboxylic acids is 1. The number of carbonyl (C=O) groups is 1. The molecule has 9 heteroatoms. The van der Waals surface area contributed by atoms with E-state index in [1.165, 1.54) is 12.5 Å². The van der Waals surface area contributed by atoms with Crippen LogP contribution in [-0.4, -0.2) is 34.5 Å². The molecule has 1 N–H and O–H groups in total. The van der Waals surface area contributed by atoms with Crippen molar-refractivity contribution in [3.05, 3.63) is 24.3 Å². The van der Waals surface area contributed by atoms with Gasteiger partial charge in [0.2, 0.25) is 11.5 Å². The highest BCUT2D eigenvalue weighted by Crippen LogP contribution is 2.19. The highest BCUT2D eigenvalue weighted by molar-refractivity contribution is 6.00. The van der Waals surface area contributed by atoms with E-state index in [-0.39, 0.29) is 17.7 Å². The fourth-order valence-corrected chi connectivity index (χ4v) is 1.35. The van der Waals surface area contributed by atoms with E-state index in [9.17, 15) is 4.79 Å². The highest BCUT2D eigenvalue weighted by Gasteiger charge is 2.19. The van der Waals surface area contributed by atoms with Crippen molar-refractivity contribution < 1.29 is 23.2 Å². The standard InChI is InChI=1S/C10H8N4O5/c15-8(7-5-16-3-4-17-7)12-10-14-13-9(18-10)6-1-2-11-19-6/h1-2,5H,3-4H2,(H,12,14,15). The van der Waals surface area contributed by atoms with Crippen LogP contribution in [0.4, 0.5) is 6.01 Å². The summed E-state index contributed by atoms with van der Waals surface area (Å²) in [6.45, 7) is 0.722. The van der Waals surface area contributed by atoms with Crippen molar-refractivity contribution in [2.45, 2.75) is 0 Å². The van der Waals surface area contributed by atoms with E-state index >= 15 is 0 Å². The molecule has 1 aliphatic rings. The Hall–Kier alpha value is -2.84. The molecule has 0 aliphatic carbocycles. The van der Waals surface area contributed by atoms with E-state index in [1.54, 1.807) is 6.07 Å². The number of hydrogen-bond donors (Lipinski definition) is 1. The van der Waals surface area contributed by atoms with Crippen molar-refractivity contribution in [3.63, 3.8) is 0 Å². The molecule has 0 saturated heterocycles. The average molecular weight is 264 g/mol. The normalized spacial score (nSPS) is 14.2. The number of nitrogens with one attached hydrogen (secondary N) is 1. The predicted molar refractivity (Wildman–Crippen MR) is 58.4 cm³/mol. The van der Waals surface area contributed by atoms with Crippen LogP contribution in [0.3, 0.4) is 0 Å². The van der Waals surface area contributed by atoms with E-state index in [2.05, 4.69) is 20.7 Å². The van der Waals surface area contributed by atoms with E-state index in [1.807, 2.05) is 0 Å². The summed E-state index contributed by atoms with van der Waals surface area (Å²) in [5, 5.41) is 13.2. The molecule has 19 heavy (non-hydrogen) atoms. The first kappa shape index (κ1) is 11.3. The largest absolute Gasteiger partial charge is 0.494 e. The van der Waals surface area contributed by atoms with Crippen molar-refractivity contribution in [1.82, 2.24) is 15.4 Å². The summed E-state index contributed by atoms with van der Waals surface area (Å²) in [7, 11) is 0. The molecule has 3 heterocycles. The van der Waals surface area contributed by atoms with Crippen molar-refractivity contribution in [2.24, 2.45) is 0 Å². The maximum Gasteiger partial charge on any atom is 0.323 e. The maximum atomic E-state index is 11.7. The Kier molecular flexibility index (Phi) is 2.85. The molecule has 3 rings (SSSR count). The first-order valence-corrected chi connectivity index (χ1v) is 5.33. The van der Waals surface area contributed by atoms with Crippen LogP contribution in [0.2, 0.25) is 0 Å². The molecule has 98 valence electrons. The van der Waals surface area contributed by atoms with Crippen LogP contribution in [0.15, 0.2) is 33.2 Å². The Morgan fingerprint density at radius 2 is 2.26 bits per heavy atom. The molecular weight excluding hydrogens is 256 g/mol. The fraction of sp³-hybridized carbons (Fsp3) is 0.200. The average Bonchev–Trinajstić information content (AvgIpc) is 3.10. The van der Waals surface area contributed by atoms with E-state index in [0.717, 1.165) is 0 Å². The van der Waals surface area contributed by atoms with Crippen LogP contribution in [0.25, 0.3) is 11.7 Å². The number of anilines is 1. The lowest BCUT2D eigenvalue weighted by atomic mass is 10.5. The van der Waals surface area contributed by atoms with Crippen molar-refractivity contribution in [3.8, 4) is 11.7 Å². The van der Waals surface area contributed by atoms with Gasteiger partial charge in [-0.3, -0.25) is 10.1 Å². The van der Waals surface area contributed by atoms with Crippen LogP contribution in [-0.2, 0) is 14.3 Å². The number of amides is 1. The Balaban J connectivity index is 1.70. The van der Waals surface area contributed by atoms with Gasteiger partial charge in [-0.2, -0.15) is 0 Å². The van der Waals surface area contributed by atoms with Crippen molar-refractivity contribution in [1.29, 1.82) is 0 Å². The summed E-state index contributed by atoms with van der Waals surface area (Å²) >= 11 is 0. The summed E-state index contributed by atoms with van der Waals surface area (Å²) < 4.78 is 20.1. The fourth-order valence-electron chi connectivity index (χ4n) is 1.35. The lowest BCUT2D eigenvalue weighted by Gasteiger charge is -2.13. The molecule has 2 aromatic rings. The number of aromatic nitrogens is 3. The van der Waals surface area contributed by atoms with E-state index in [0.29, 0.717) is 19.0 Å². The van der Waals surface area contributed by atoms with Crippen LogP contribution in [0, 0.1) is 0 Å². The summed E-state index contributed by atoms with van der Waals surface area (Å²) in [4.78, 5) is 11.7. The topological polar surface area (TPSA) is 113 Å². The van der Waals surface area contributed by atoms with Gasteiger partial charge in [-0.25, -0.2) is 0 Å². The first-order valence-electron chi connectivity index (χ1n) is 5.33. The third-order valence-electron chi connectivity index (χ3n) is 2.17. The minimum Gasteiger partial charge on any atom is -0.494 e. The van der Waals surface area contributed by atoms with Gasteiger partial charge in [-0.05, 0) is 0 Å². The third kappa shape index (κ3) is 2.39. The van der Waals surface area contributed by atoms with Gasteiger partial charge in [0.05, 0.1) is 6.20 Å². The second kappa shape index (κ2) is 4.80. The molecule has 0 atom stereocenters. The molecule has 0 aromatic carbocycles. The van der Waals surface area contributed by atoms with Crippen LogP contribution < -0.4 is 5.32 Å². The Labute approximate surface area is 106 Å². The maximum absolute atomic E-state index is 11.7. The number of ether oxygens (including phenoxy) is 2. The Morgan fingerprint density at radius 1 is 1.32 bits per heavy atom. The smallest absolute Gasteiger partial charge is 0.323 e. The zero-order chi connectivity index (χ0) is 13.1. The summed E-state index contributed by atoms with van der Waals surface area (Å²) in [5.74, 6) is -0.0646. The molecule has 9 nitrogen and oxygen atoms in total. The van der Waals surface area contributed by atoms with Gasteiger partial charge in [0.25, 0.3) is 11.8 Å². The second-order valence-corrected chi connectivity index (χ2v) is 3.44. The van der Waals surface area contributed by atoms with Crippen LogP contribution >= 0.6 is 0 Å². The molecule has 0 radical (unpaired) electrons. The van der Waals surface area contributed by atoms with Crippen LogP contribution in [0.1, 0.15) is 0 Å². The zero-order valence-electron chi connectivity index (χ0n) is 9.53. The third-order valence-corrected chi connectivity index (χ3v) is 2.17. The van der Waals surface area contributed by atoms with Gasteiger partial charge in [0.15, 0.2) is 0 Å². The second-order valence-electron chi connectivity index (χ2n) is 3.44. The molecule has 0 spiro atoms. The zero-order valence-corrected chi connectivity index (χ0v) is 9.53. The molecule has 0 saturated carbocycles. The summed E-state index contributed by atoms with van der Waals surface area (Å²) in [5.41, 5.74) is 0. The van der Waals surface area contributed by atoms with Crippen molar-refractivity contribution >= 4 is 11.9 Å². The predicted octanol–water partition coefficient (Wildman–Crippen LogP) is 0.551. The van der Waals surface area contributed by atoms with Gasteiger partial charge >= 0.3 is 6.01 Å². The molecule has 1 aliphatic heterocycles. The molecule has 1 amide bonds. The molecule has 2 aromatic heterocycles. The van der Waals surface area contributed by atoms with Gasteiger partial charge in [0.1, 0.15) is 19.5 Å². The number of nitrogens with zero attached hydrogens (tertiary/aromatic N) is 3. The van der Waals surface area contributed by atoms with Gasteiger partial charge in [-0.15, -0.1) is 5.10 Å². The lowest BCUT2D eigenvalue weighted by Crippen LogP contribution is -2.21. The lowest BCUT2D eigenvalue weighted by molar-refractivity contribution is -0.117. The van der Waals surface area contributed by atoms with Gasteiger partial charge < -0.3 is 18.4 Å². The summed E-state index contributed by atoms with van der Waals surface area (Å²) in [6.07, 6.45) is 2.67. The summed E-state index contributed by atoms with van der Waals surface area (Å²) in [6, 6.07) is 1.48. The molecule has 0 bridgehead atoms. The van der Waals surface area contributed by atoms with Crippen LogP contribution in [0.5, 0.6) is 0 Å². The van der Waals surface area contributed by atoms with E-state index < -0.39 is 5.91 Å². The van der Waals surface area contributed by atoms with Gasteiger partial charge in [-0.1, -0.05) is 10.3 Å². The highest BCUT2D eigenvalue weighted by atomic mass is 16.6. The molecule has 0 unspecified atom stereocenters. The SMILES string of the molecule is O=C(Nc1nnc(-c2ccno2)o1)C1=COCCO1. The Morgan fingerprint density at radius 3 is 3.00 bits per heavy atom. The quantitative estimate of drug-likeness (QED) is 0.855. The van der Waals surface area contributed by atoms with Crippen molar-refractivity contribution in [2.75, 3.05) is 18.5 Å². The minimum atomic E-state index is -0.535. The number of hydrogen-bond acceptors (Lipinski definition) is 8. The van der Waals surface area contributed by atoms with E-state index in [4.69, 9.17) is 18.4 Å². The first-order chi connectivity index (χ1) is 9.33. The molecular formula is C10H8N4O5. The Bertz CT molecular complexity index is 603. The minimum absolute atomic E-state index is 0.0469. The molecule has 0 fully saturated rings.